The lowest BCUT2D eigenvalue weighted by Crippen LogP contribution is -2.10. The van der Waals surface area contributed by atoms with Crippen molar-refractivity contribution in [2.45, 2.75) is 19.4 Å². The van der Waals surface area contributed by atoms with Gasteiger partial charge in [0.05, 0.1) is 6.04 Å². The summed E-state index contributed by atoms with van der Waals surface area (Å²) in [6, 6.07) is 14.4. The van der Waals surface area contributed by atoms with Gasteiger partial charge in [-0.15, -0.1) is 0 Å². The fraction of sp³-hybridized carbons (Fsp3) is 0.200. The van der Waals surface area contributed by atoms with Crippen LogP contribution >= 0.6 is 43.5 Å². The van der Waals surface area contributed by atoms with Gasteiger partial charge in [-0.1, -0.05) is 46.6 Å². The van der Waals surface area contributed by atoms with Crippen LogP contribution in [0.2, 0.25) is 5.02 Å². The van der Waals surface area contributed by atoms with E-state index >= 15 is 0 Å². The van der Waals surface area contributed by atoms with Crippen LogP contribution in [0.15, 0.2) is 51.4 Å². The average molecular weight is 404 g/mol. The number of hydrogen-bond donors (Lipinski definition) is 1. The molecule has 0 fully saturated rings. The third-order valence-electron chi connectivity index (χ3n) is 2.92. The summed E-state index contributed by atoms with van der Waals surface area (Å²) in [5.41, 5.74) is 2.28. The molecule has 1 atom stereocenters. The van der Waals surface area contributed by atoms with Gasteiger partial charge in [0, 0.05) is 19.7 Å². The molecule has 0 aliphatic carbocycles. The molecule has 0 saturated heterocycles. The zero-order valence-corrected chi connectivity index (χ0v) is 14.4. The van der Waals surface area contributed by atoms with Crippen LogP contribution in [0.1, 0.15) is 24.9 Å². The Morgan fingerprint density at radius 2 is 1.95 bits per heavy atom. The molecule has 1 N–H and O–H groups in total. The van der Waals surface area contributed by atoms with Crippen LogP contribution in [0.3, 0.4) is 0 Å². The summed E-state index contributed by atoms with van der Waals surface area (Å²) >= 11 is 13.1. The van der Waals surface area contributed by atoms with Crippen molar-refractivity contribution in [3.63, 3.8) is 0 Å². The highest BCUT2D eigenvalue weighted by Crippen LogP contribution is 2.31. The zero-order chi connectivity index (χ0) is 13.8. The van der Waals surface area contributed by atoms with Gasteiger partial charge in [-0.2, -0.15) is 0 Å². The van der Waals surface area contributed by atoms with Crippen LogP contribution in [0.5, 0.6) is 0 Å². The van der Waals surface area contributed by atoms with Gasteiger partial charge in [0.1, 0.15) is 0 Å². The van der Waals surface area contributed by atoms with Crippen molar-refractivity contribution in [3.8, 4) is 0 Å². The predicted octanol–water partition coefficient (Wildman–Crippen LogP) is 6.43. The summed E-state index contributed by atoms with van der Waals surface area (Å²) in [5, 5.41) is 4.31. The van der Waals surface area contributed by atoms with Gasteiger partial charge in [-0.05, 0) is 58.2 Å². The summed E-state index contributed by atoms with van der Waals surface area (Å²) in [6.45, 7) is 2.16. The molecule has 1 unspecified atom stereocenters. The molecular formula is C15H14Br2ClN. The highest BCUT2D eigenvalue weighted by atomic mass is 79.9. The Bertz CT molecular complexity index is 572. The van der Waals surface area contributed by atoms with Crippen LogP contribution in [0.25, 0.3) is 0 Å². The number of benzene rings is 2. The van der Waals surface area contributed by atoms with E-state index in [9.17, 15) is 0 Å². The zero-order valence-electron chi connectivity index (χ0n) is 10.5. The highest BCUT2D eigenvalue weighted by molar-refractivity contribution is 9.11. The van der Waals surface area contributed by atoms with Gasteiger partial charge >= 0.3 is 0 Å². The Labute approximate surface area is 135 Å². The maximum absolute atomic E-state index is 6.06. The van der Waals surface area contributed by atoms with Crippen molar-refractivity contribution in [1.29, 1.82) is 0 Å². The second kappa shape index (κ2) is 6.78. The second-order valence-electron chi connectivity index (χ2n) is 4.28. The molecule has 0 bridgehead atoms. The Balaban J connectivity index is 2.24. The average Bonchev–Trinajstić information content (AvgIpc) is 2.38. The standard InChI is InChI=1S/C15H14Br2ClN/c1-2-14(10-4-3-5-12(18)8-10)19-15-7-6-11(16)9-13(15)17/h3-9,14,19H,2H2,1H3. The van der Waals surface area contributed by atoms with Gasteiger partial charge in [0.2, 0.25) is 0 Å². The van der Waals surface area contributed by atoms with Crippen LogP contribution in [0.4, 0.5) is 5.69 Å². The van der Waals surface area contributed by atoms with Crippen molar-refractivity contribution in [2.24, 2.45) is 0 Å². The number of rotatable bonds is 4. The van der Waals surface area contributed by atoms with Crippen molar-refractivity contribution in [2.75, 3.05) is 5.32 Å². The summed E-state index contributed by atoms with van der Waals surface area (Å²) in [5.74, 6) is 0. The molecule has 0 heterocycles. The Kier molecular flexibility index (Phi) is 5.31. The van der Waals surface area contributed by atoms with Crippen LogP contribution in [0, 0.1) is 0 Å². The van der Waals surface area contributed by atoms with Gasteiger partial charge in [0.25, 0.3) is 0 Å². The van der Waals surface area contributed by atoms with Gasteiger partial charge in [0.15, 0.2) is 0 Å². The maximum Gasteiger partial charge on any atom is 0.0512 e. The third kappa shape index (κ3) is 3.98. The summed E-state index contributed by atoms with van der Waals surface area (Å²) < 4.78 is 2.10. The molecule has 2 aromatic rings. The molecule has 19 heavy (non-hydrogen) atoms. The molecule has 2 rings (SSSR count). The molecule has 100 valence electrons. The summed E-state index contributed by atoms with van der Waals surface area (Å²) in [6.07, 6.45) is 0.989. The SMILES string of the molecule is CCC(Nc1ccc(Br)cc1Br)c1cccc(Cl)c1. The van der Waals surface area contributed by atoms with Crippen LogP contribution < -0.4 is 5.32 Å². The minimum absolute atomic E-state index is 0.246. The topological polar surface area (TPSA) is 12.0 Å². The first-order chi connectivity index (χ1) is 9.10. The Hall–Kier alpha value is -0.510. The fourth-order valence-corrected chi connectivity index (χ4v) is 3.30. The molecule has 0 amide bonds. The normalized spacial score (nSPS) is 12.2. The molecule has 0 saturated carbocycles. The first kappa shape index (κ1) is 14.9. The number of nitrogens with one attached hydrogen (secondary N) is 1. The summed E-state index contributed by atoms with van der Waals surface area (Å²) in [7, 11) is 0. The van der Waals surface area contributed by atoms with Gasteiger partial charge in [-0.3, -0.25) is 0 Å². The van der Waals surface area contributed by atoms with Crippen LogP contribution in [-0.4, -0.2) is 0 Å². The van der Waals surface area contributed by atoms with Crippen molar-refractivity contribution in [1.82, 2.24) is 0 Å². The van der Waals surface area contributed by atoms with E-state index in [2.05, 4.69) is 56.2 Å². The van der Waals surface area contributed by atoms with E-state index in [1.807, 2.05) is 30.3 Å². The van der Waals surface area contributed by atoms with E-state index < -0.39 is 0 Å². The quantitative estimate of drug-likeness (QED) is 0.620. The van der Waals surface area contributed by atoms with E-state index in [1.54, 1.807) is 0 Å². The number of hydrogen-bond acceptors (Lipinski definition) is 1. The van der Waals surface area contributed by atoms with E-state index in [-0.39, 0.29) is 6.04 Å². The molecule has 0 spiro atoms. The third-order valence-corrected chi connectivity index (χ3v) is 4.30. The molecule has 0 aliphatic heterocycles. The Morgan fingerprint density at radius 3 is 2.58 bits per heavy atom. The van der Waals surface area contributed by atoms with Gasteiger partial charge < -0.3 is 5.32 Å². The molecule has 0 aromatic heterocycles. The maximum atomic E-state index is 6.06. The van der Waals surface area contributed by atoms with Crippen molar-refractivity contribution in [3.05, 3.63) is 62.0 Å². The van der Waals surface area contributed by atoms with E-state index in [0.717, 1.165) is 26.1 Å². The lowest BCUT2D eigenvalue weighted by molar-refractivity contribution is 0.749. The number of anilines is 1. The van der Waals surface area contributed by atoms with Crippen LogP contribution in [-0.2, 0) is 0 Å². The molecule has 4 heteroatoms. The first-order valence-corrected chi connectivity index (χ1v) is 8.03. The van der Waals surface area contributed by atoms with E-state index in [1.165, 1.54) is 5.56 Å². The molecular weight excluding hydrogens is 389 g/mol. The molecule has 1 nitrogen and oxygen atoms in total. The Morgan fingerprint density at radius 1 is 1.16 bits per heavy atom. The highest BCUT2D eigenvalue weighted by Gasteiger charge is 2.11. The number of halogens is 3. The van der Waals surface area contributed by atoms with Gasteiger partial charge in [-0.25, -0.2) is 0 Å². The lowest BCUT2D eigenvalue weighted by atomic mass is 10.0. The monoisotopic (exact) mass is 401 g/mol. The van der Waals surface area contributed by atoms with E-state index in [0.29, 0.717) is 0 Å². The minimum atomic E-state index is 0.246. The minimum Gasteiger partial charge on any atom is -0.377 e. The lowest BCUT2D eigenvalue weighted by Gasteiger charge is -2.20. The van der Waals surface area contributed by atoms with Crippen molar-refractivity contribution < 1.29 is 0 Å². The smallest absolute Gasteiger partial charge is 0.0512 e. The fourth-order valence-electron chi connectivity index (χ4n) is 1.94. The van der Waals surface area contributed by atoms with E-state index in [4.69, 9.17) is 11.6 Å². The largest absolute Gasteiger partial charge is 0.377 e. The summed E-state index contributed by atoms with van der Waals surface area (Å²) in [4.78, 5) is 0. The second-order valence-corrected chi connectivity index (χ2v) is 6.49. The van der Waals surface area contributed by atoms with Crippen molar-refractivity contribution >= 4 is 49.1 Å². The molecule has 0 aliphatic rings. The molecule has 2 aromatic carbocycles. The first-order valence-electron chi connectivity index (χ1n) is 6.07. The molecule has 0 radical (unpaired) electrons. The predicted molar refractivity (Wildman–Crippen MR) is 89.9 cm³/mol.